The van der Waals surface area contributed by atoms with Crippen LogP contribution in [0.3, 0.4) is 0 Å². The number of nitrogens with zero attached hydrogens (tertiary/aromatic N) is 1. The zero-order valence-electron chi connectivity index (χ0n) is 11.4. The van der Waals surface area contributed by atoms with Crippen LogP contribution in [-0.2, 0) is 0 Å². The molecule has 0 bridgehead atoms. The molecule has 0 aromatic heterocycles. The van der Waals surface area contributed by atoms with Crippen molar-refractivity contribution in [1.82, 2.24) is 0 Å². The molecule has 0 aliphatic rings. The maximum absolute atomic E-state index is 14.4. The maximum atomic E-state index is 14.4. The van der Waals surface area contributed by atoms with Crippen LogP contribution in [0.4, 0.5) is 10.1 Å². The lowest BCUT2D eigenvalue weighted by molar-refractivity contribution is -0.382. The van der Waals surface area contributed by atoms with Gasteiger partial charge in [-0.15, -0.1) is 0 Å². The number of non-ortho nitro benzene ring substituents is 1. The highest BCUT2D eigenvalue weighted by atomic mass is 19.1. The fraction of sp³-hybridized carbons (Fsp3) is 0. The van der Waals surface area contributed by atoms with Crippen molar-refractivity contribution in [3.8, 4) is 0 Å². The Kier molecular flexibility index (Phi) is 2.60. The molecule has 0 aliphatic heterocycles. The van der Waals surface area contributed by atoms with Crippen LogP contribution in [0.2, 0.25) is 0 Å². The van der Waals surface area contributed by atoms with Crippen LogP contribution < -0.4 is 0 Å². The number of benzene rings is 4. The van der Waals surface area contributed by atoms with Gasteiger partial charge in [-0.25, -0.2) is 4.39 Å². The summed E-state index contributed by atoms with van der Waals surface area (Å²) in [5, 5.41) is 15.2. The Morgan fingerprint density at radius 1 is 0.727 bits per heavy atom. The standard InChI is InChI=1S/C18H10FNO2/c19-17-9-15-12-6-2-4-8-14(12)18(20(21)22)10-16(15)11-5-1-3-7-13(11)17/h1-10H. The lowest BCUT2D eigenvalue weighted by Gasteiger charge is -2.09. The minimum atomic E-state index is -0.389. The summed E-state index contributed by atoms with van der Waals surface area (Å²) in [6.45, 7) is 0. The second-order valence-electron chi connectivity index (χ2n) is 5.20. The average molecular weight is 291 g/mol. The van der Waals surface area contributed by atoms with Gasteiger partial charge in [-0.3, -0.25) is 10.1 Å². The van der Waals surface area contributed by atoms with Gasteiger partial charge in [0.05, 0.1) is 10.3 Å². The molecule has 0 unspecified atom stereocenters. The van der Waals surface area contributed by atoms with Crippen molar-refractivity contribution in [3.05, 3.63) is 76.6 Å². The summed E-state index contributed by atoms with van der Waals surface area (Å²) in [6, 6.07) is 17.1. The van der Waals surface area contributed by atoms with E-state index in [4.69, 9.17) is 0 Å². The molecule has 0 amide bonds. The number of nitro groups is 1. The van der Waals surface area contributed by atoms with Crippen LogP contribution in [0.1, 0.15) is 0 Å². The van der Waals surface area contributed by atoms with Crippen LogP contribution in [0.5, 0.6) is 0 Å². The summed E-state index contributed by atoms with van der Waals surface area (Å²) in [7, 11) is 0. The Morgan fingerprint density at radius 2 is 1.23 bits per heavy atom. The first kappa shape index (κ1) is 12.7. The number of halogens is 1. The largest absolute Gasteiger partial charge is 0.277 e. The van der Waals surface area contributed by atoms with Gasteiger partial charge in [0.1, 0.15) is 5.82 Å². The topological polar surface area (TPSA) is 43.1 Å². The summed E-state index contributed by atoms with van der Waals surface area (Å²) in [5.74, 6) is -0.317. The number of rotatable bonds is 1. The molecule has 0 spiro atoms. The second kappa shape index (κ2) is 4.49. The van der Waals surface area contributed by atoms with Crippen LogP contribution in [0.25, 0.3) is 32.3 Å². The van der Waals surface area contributed by atoms with Crippen LogP contribution in [-0.4, -0.2) is 4.92 Å². The molecule has 0 saturated heterocycles. The predicted octanol–water partition coefficient (Wildman–Crippen LogP) is 5.19. The first-order valence-corrected chi connectivity index (χ1v) is 6.84. The van der Waals surface area contributed by atoms with Crippen molar-refractivity contribution in [1.29, 1.82) is 0 Å². The predicted molar refractivity (Wildman–Crippen MR) is 85.6 cm³/mol. The van der Waals surface area contributed by atoms with Crippen LogP contribution in [0, 0.1) is 15.9 Å². The van der Waals surface area contributed by atoms with Crippen molar-refractivity contribution < 1.29 is 9.31 Å². The molecule has 0 N–H and O–H groups in total. The van der Waals surface area contributed by atoms with Crippen molar-refractivity contribution in [2.45, 2.75) is 0 Å². The molecule has 0 saturated carbocycles. The highest BCUT2D eigenvalue weighted by Crippen LogP contribution is 2.37. The molecule has 0 atom stereocenters. The summed E-state index contributed by atoms with van der Waals surface area (Å²) in [4.78, 5) is 11.0. The number of fused-ring (bicyclic) bond motifs is 5. The summed E-state index contributed by atoms with van der Waals surface area (Å²) in [6.07, 6.45) is 0. The third-order valence-electron chi connectivity index (χ3n) is 4.01. The third-order valence-corrected chi connectivity index (χ3v) is 4.01. The molecule has 4 aromatic carbocycles. The molecule has 4 aromatic rings. The van der Waals surface area contributed by atoms with Crippen LogP contribution in [0.15, 0.2) is 60.7 Å². The third kappa shape index (κ3) is 1.67. The monoisotopic (exact) mass is 291 g/mol. The Bertz CT molecular complexity index is 1070. The fourth-order valence-electron chi connectivity index (χ4n) is 3.04. The molecule has 4 heteroatoms. The highest BCUT2D eigenvalue weighted by Gasteiger charge is 2.17. The van der Waals surface area contributed by atoms with E-state index in [0.717, 1.165) is 0 Å². The quantitative estimate of drug-likeness (QED) is 0.275. The Morgan fingerprint density at radius 3 is 1.86 bits per heavy atom. The van der Waals surface area contributed by atoms with Crippen molar-refractivity contribution >= 4 is 38.0 Å². The molecule has 0 fully saturated rings. The normalized spacial score (nSPS) is 11.3. The summed E-state index contributed by atoms with van der Waals surface area (Å²) >= 11 is 0. The van der Waals surface area contributed by atoms with Crippen LogP contribution >= 0.6 is 0 Å². The Balaban J connectivity index is 2.35. The second-order valence-corrected chi connectivity index (χ2v) is 5.20. The molecular formula is C18H10FNO2. The molecule has 0 aliphatic carbocycles. The van der Waals surface area contributed by atoms with Gasteiger partial charge in [0.15, 0.2) is 0 Å². The van der Waals surface area contributed by atoms with E-state index in [0.29, 0.717) is 32.3 Å². The Labute approximate surface area is 124 Å². The van der Waals surface area contributed by atoms with E-state index >= 15 is 0 Å². The zero-order chi connectivity index (χ0) is 15.3. The van der Waals surface area contributed by atoms with Gasteiger partial charge in [0.25, 0.3) is 5.69 Å². The first-order valence-electron chi connectivity index (χ1n) is 6.84. The molecule has 0 heterocycles. The van der Waals surface area contributed by atoms with Gasteiger partial charge in [-0.05, 0) is 33.7 Å². The van der Waals surface area contributed by atoms with Gasteiger partial charge < -0.3 is 0 Å². The zero-order valence-corrected chi connectivity index (χ0v) is 11.4. The van der Waals surface area contributed by atoms with Crippen molar-refractivity contribution in [2.75, 3.05) is 0 Å². The number of nitro benzene ring substituents is 1. The smallest absolute Gasteiger partial charge is 0.258 e. The van der Waals surface area contributed by atoms with E-state index in [-0.39, 0.29) is 16.4 Å². The SMILES string of the molecule is O=[N+]([O-])c1cc2c3ccccc3c(F)cc2c2ccccc12. The minimum Gasteiger partial charge on any atom is -0.258 e. The molecule has 4 rings (SSSR count). The van der Waals surface area contributed by atoms with Gasteiger partial charge in [-0.2, -0.15) is 0 Å². The van der Waals surface area contributed by atoms with Gasteiger partial charge in [0.2, 0.25) is 0 Å². The molecule has 0 radical (unpaired) electrons. The van der Waals surface area contributed by atoms with Crippen molar-refractivity contribution in [2.24, 2.45) is 0 Å². The van der Waals surface area contributed by atoms with Crippen molar-refractivity contribution in [3.63, 3.8) is 0 Å². The lowest BCUT2D eigenvalue weighted by atomic mass is 9.95. The van der Waals surface area contributed by atoms with Gasteiger partial charge in [-0.1, -0.05) is 42.5 Å². The van der Waals surface area contributed by atoms with E-state index < -0.39 is 0 Å². The Hall–Kier alpha value is -3.01. The number of hydrogen-bond acceptors (Lipinski definition) is 2. The lowest BCUT2D eigenvalue weighted by Crippen LogP contribution is -1.92. The summed E-state index contributed by atoms with van der Waals surface area (Å²) < 4.78 is 14.4. The van der Waals surface area contributed by atoms with E-state index in [2.05, 4.69) is 0 Å². The van der Waals surface area contributed by atoms with E-state index in [1.165, 1.54) is 6.07 Å². The summed E-state index contributed by atoms with van der Waals surface area (Å²) in [5.41, 5.74) is 0.0415. The number of hydrogen-bond donors (Lipinski definition) is 0. The minimum absolute atomic E-state index is 0.0415. The molecular weight excluding hydrogens is 281 g/mol. The molecule has 3 nitrogen and oxygen atoms in total. The fourth-order valence-corrected chi connectivity index (χ4v) is 3.04. The van der Waals surface area contributed by atoms with Gasteiger partial charge >= 0.3 is 0 Å². The molecule has 106 valence electrons. The maximum Gasteiger partial charge on any atom is 0.277 e. The van der Waals surface area contributed by atoms with E-state index in [9.17, 15) is 14.5 Å². The van der Waals surface area contributed by atoms with E-state index in [1.54, 1.807) is 48.5 Å². The molecule has 22 heavy (non-hydrogen) atoms. The van der Waals surface area contributed by atoms with Gasteiger partial charge in [0, 0.05) is 11.5 Å². The first-order chi connectivity index (χ1) is 10.7. The van der Waals surface area contributed by atoms with E-state index in [1.807, 2.05) is 6.07 Å². The highest BCUT2D eigenvalue weighted by molar-refractivity contribution is 6.19. The average Bonchev–Trinajstić information content (AvgIpc) is 2.54.